The van der Waals surface area contributed by atoms with E-state index in [4.69, 9.17) is 4.74 Å². The van der Waals surface area contributed by atoms with E-state index in [0.29, 0.717) is 29.6 Å². The quantitative estimate of drug-likeness (QED) is 0.330. The molecular weight excluding hydrogens is 374 g/mol. The first kappa shape index (κ1) is 20.8. The molecular formula is C25H269N3O2. The van der Waals surface area contributed by atoms with Gasteiger partial charge in [-0.2, -0.15) is 5.26 Å². The predicted molar refractivity (Wildman–Crippen MR) is 358 cm³/mol. The highest BCUT2D eigenvalue weighted by atomic mass is 16.5. The number of likely N-dealkylation sites (N-methyl/N-ethyl adjacent to an activating group) is 1. The van der Waals surface area contributed by atoms with Gasteiger partial charge in [0.15, 0.2) is 0 Å². The van der Waals surface area contributed by atoms with Gasteiger partial charge >= 0.3 is 0 Å². The summed E-state index contributed by atoms with van der Waals surface area (Å²) in [7, 11) is 3.84. The molecule has 6 aliphatic rings. The number of piperidine rings is 1. The van der Waals surface area contributed by atoms with Crippen LogP contribution in [0.15, 0.2) is 0 Å². The number of likely N-dealkylation sites (tertiary alicyclic amines) is 1. The van der Waals surface area contributed by atoms with Crippen LogP contribution in [0.5, 0.6) is 0 Å². The Morgan fingerprint density at radius 3 is 2.53 bits per heavy atom. The number of amides is 1. The van der Waals surface area contributed by atoms with Gasteiger partial charge < -0.3 is 15.0 Å². The number of nitrogens with one attached hydrogen (secondary N) is 1. The number of methoxy groups -OCH3 is 1. The van der Waals surface area contributed by atoms with Crippen molar-refractivity contribution in [3.05, 3.63) is 0 Å². The summed E-state index contributed by atoms with van der Waals surface area (Å²) in [5, 5.41) is 13.3. The average molecular weight is 645 g/mol. The van der Waals surface area contributed by atoms with Gasteiger partial charge in [-0.25, -0.2) is 0 Å². The van der Waals surface area contributed by atoms with Crippen molar-refractivity contribution in [2.75, 3.05) is 14.2 Å². The highest BCUT2D eigenvalue weighted by molar-refractivity contribution is 5.85. The molecule has 0 aromatic rings. The molecule has 6 fully saturated rings. The number of hydrogen-bond donors (Lipinski definition) is 1. The van der Waals surface area contributed by atoms with Crippen molar-refractivity contribution in [1.82, 2.24) is 10.2 Å². The Morgan fingerprint density at radius 1 is 1.23 bits per heavy atom. The number of nitrogens with zero attached hydrogens (tertiary/aromatic N) is 2. The number of ether oxygens (including phenoxy) is 1. The molecule has 5 aliphatic carbocycles. The number of nitriles is 1. The van der Waals surface area contributed by atoms with Gasteiger partial charge in [-0.3, -0.25) is 4.79 Å². The molecule has 0 spiro atoms. The summed E-state index contributed by atoms with van der Waals surface area (Å²) in [5.74, 6) is 2.86. The standard InChI is InChI=1S/C25H39N3O2.115H2/c1-14-19-10-24(12-22(14,4)16(3)25(13-24,30-7)15(19)2)20(27-6)21(29)28-18(11-26)8-17-9-23(17,28)5;;;;;;;;;;;;;;;;;;;;;;;;;;;;;;;;;;;;;;;;;;;;;;;;;;;;;;;;;;;;;;;;;;;;;;;;;;;;;;;;;;;;;;;;;;;;;;;;;;;;;;;;;;;;;;;;;;;/h14-20,27H,8-10,12-13H2,1-7H3;115*1H/t14?,15?,16?,17-,18+,19?,20-,22?,23+,24?,25?;;;;;;;;;;;;;;;;;;;;;;;;;;;;;;;;;;;;;;;;;;;;;;;;;;;;;;;;;;;;;;;;;;;;;;;;;;;;;;;;;;;;;;;;;;;;;;;;;;;;;;;;;;;;;;;;;;;/m1.................................................................................................................../s1. The van der Waals surface area contributed by atoms with Crippen LogP contribution >= 0.6 is 0 Å². The second-order valence-corrected chi connectivity index (χ2v) is 12.1. The molecule has 0 aromatic heterocycles. The van der Waals surface area contributed by atoms with Crippen molar-refractivity contribution in [2.45, 2.75) is 89.9 Å². The minimum Gasteiger partial charge on any atom is -0.378 e. The maximum absolute atomic E-state index is 14.1. The third-order valence-corrected chi connectivity index (χ3v) is 11.5. The summed E-state index contributed by atoms with van der Waals surface area (Å²) in [6.07, 6.45) is 4.99. The zero-order valence-electron chi connectivity index (χ0n) is 19.8. The lowest BCUT2D eigenvalue weighted by Gasteiger charge is -2.74. The monoisotopic (exact) mass is 645 g/mol. The van der Waals surface area contributed by atoms with Crippen LogP contribution in [0.3, 0.4) is 0 Å². The van der Waals surface area contributed by atoms with Gasteiger partial charge in [-0.15, -0.1) is 0 Å². The van der Waals surface area contributed by atoms with Crippen molar-refractivity contribution in [3.8, 4) is 6.07 Å². The van der Waals surface area contributed by atoms with E-state index in [9.17, 15) is 10.1 Å². The molecule has 5 nitrogen and oxygen atoms in total. The van der Waals surface area contributed by atoms with Crippen molar-refractivity contribution in [1.29, 1.82) is 5.26 Å². The zero-order valence-corrected chi connectivity index (χ0v) is 19.8. The van der Waals surface area contributed by atoms with E-state index < -0.39 is 0 Å². The molecule has 6 rings (SSSR count). The molecule has 396 valence electrons. The smallest absolute Gasteiger partial charge is 0.241 e. The summed E-state index contributed by atoms with van der Waals surface area (Å²) in [6, 6.07) is 1.92. The van der Waals surface area contributed by atoms with Crippen LogP contribution in [0, 0.1) is 51.8 Å². The van der Waals surface area contributed by atoms with E-state index in [2.05, 4.69) is 46.0 Å². The average Bonchev–Trinajstić information content (AvgIpc) is 3.27. The number of hydrogen-bond acceptors (Lipinski definition) is 4. The number of carbonyl (C=O) groups is 1. The summed E-state index contributed by atoms with van der Waals surface area (Å²) in [5.41, 5.74) is -0.198. The lowest BCUT2D eigenvalue weighted by molar-refractivity contribution is -0.298. The maximum Gasteiger partial charge on any atom is 0.241 e. The Bertz CT molecular complexity index is 930. The van der Waals surface area contributed by atoms with Crippen LogP contribution in [0.25, 0.3) is 0 Å². The van der Waals surface area contributed by atoms with Gasteiger partial charge in [0.1, 0.15) is 6.04 Å². The largest absolute Gasteiger partial charge is 0.378 e. The van der Waals surface area contributed by atoms with Gasteiger partial charge in [0.2, 0.25) is 5.91 Å². The molecule has 30 heavy (non-hydrogen) atoms. The van der Waals surface area contributed by atoms with E-state index >= 15 is 0 Å². The Kier molecular flexibility index (Phi) is 4.16. The second-order valence-electron chi connectivity index (χ2n) is 12.1. The van der Waals surface area contributed by atoms with Crippen LogP contribution in [0.4, 0.5) is 0 Å². The van der Waals surface area contributed by atoms with Gasteiger partial charge in [0, 0.05) is 177 Å². The summed E-state index contributed by atoms with van der Waals surface area (Å²) < 4.78 is 6.40. The fourth-order valence-corrected chi connectivity index (χ4v) is 9.50. The van der Waals surface area contributed by atoms with Gasteiger partial charge in [0.05, 0.1) is 17.7 Å². The number of rotatable bonds is 4. The Labute approximate surface area is 352 Å². The highest BCUT2D eigenvalue weighted by Crippen LogP contribution is 2.74. The summed E-state index contributed by atoms with van der Waals surface area (Å²) in [6.45, 7) is 11.8. The van der Waals surface area contributed by atoms with Crippen LogP contribution in [-0.2, 0) is 9.53 Å². The van der Waals surface area contributed by atoms with E-state index in [0.717, 1.165) is 32.1 Å². The predicted octanol–water partition coefficient (Wildman–Crippen LogP) is 31.9. The first-order chi connectivity index (χ1) is 14.0. The lowest BCUT2D eigenvalue weighted by atomic mass is 9.33. The number of carbonyl (C=O) groups excluding carboxylic acids is 1. The molecule has 11 atom stereocenters. The maximum atomic E-state index is 14.1. The van der Waals surface area contributed by atoms with Crippen molar-refractivity contribution in [2.24, 2.45) is 40.4 Å². The molecule has 0 aromatic carbocycles. The first-order valence-electron chi connectivity index (χ1n) is 12.0. The molecule has 5 heteroatoms. The fraction of sp³-hybridized carbons (Fsp3) is 0.920. The number of fused-ring (bicyclic) bond motifs is 1. The van der Waals surface area contributed by atoms with E-state index in [1.54, 1.807) is 0 Å². The second kappa shape index (κ2) is 6.01. The van der Waals surface area contributed by atoms with E-state index in [1.807, 2.05) is 19.1 Å². The topological polar surface area (TPSA) is 65.4 Å². The van der Waals surface area contributed by atoms with Crippen molar-refractivity contribution >= 4 is 5.91 Å². The van der Waals surface area contributed by atoms with Crippen LogP contribution in [-0.4, -0.2) is 48.2 Å². The summed E-state index contributed by atoms with van der Waals surface area (Å²) in [4.78, 5) is 16.1. The Balaban J connectivity index is -0.000000000922. The third kappa shape index (κ3) is 2.13. The molecule has 1 amide bonds. The van der Waals surface area contributed by atoms with Crippen molar-refractivity contribution < 1.29 is 174 Å². The Hall–Kier alpha value is -1.12. The van der Waals surface area contributed by atoms with Gasteiger partial charge in [0.25, 0.3) is 0 Å². The SMILES string of the molecule is CN[C@H](C(=O)N1[C@H](C#N)C[C@@H]2C[C@@]21C)C12CC3C(C)C(C)(C1)C(C)C(OC)(C2)C3C.[HH].[HH].[HH].[HH].[HH].[HH].[HH].[HH].[HH].[HH].[HH].[HH].[HH].[HH].[HH].[HH].[HH].[HH].[HH].[HH].[HH].[HH].[HH].[HH].[HH].[HH].[HH].[HH].[HH].[HH].[HH].[HH].[HH].[HH].[HH].[HH].[HH].[HH].[HH].[HH].[HH].[HH].[HH].[HH].[HH].[HH].[HH].[HH].[HH].[HH].[HH].[HH].[HH].[HH].[HH].[HH].[HH].[HH].[HH].[HH].[HH].[HH].[HH].[HH].[HH].[HH].[HH].[HH].[HH].[HH].[HH].[HH].[HH].[HH].[HH].[HH].[HH].[HH].[HH].[HH].[HH].[HH].[HH].[HH].[HH].[HH].[HH].[HH].[HH].[HH].[HH].[HH].[HH].[HH].[HH].[HH].[HH].[HH].[HH].[HH].[HH].[HH].[HH].[HH].[HH].[HH].[HH].[HH].[HH].[HH].[HH].[HH].[HH].[HH].[HH]. The lowest BCUT2D eigenvalue weighted by Crippen LogP contribution is -2.75. The normalized spacial score (nSPS) is 56.5. The molecule has 1 heterocycles. The molecule has 1 N–H and O–H groups in total. The molecule has 4 bridgehead atoms. The fourth-order valence-electron chi connectivity index (χ4n) is 9.50. The van der Waals surface area contributed by atoms with E-state index in [1.165, 1.54) is 0 Å². The molecule has 7 unspecified atom stereocenters. The van der Waals surface area contributed by atoms with Crippen LogP contribution in [0.2, 0.25) is 0 Å². The third-order valence-electron chi connectivity index (χ3n) is 11.5. The molecule has 1 saturated heterocycles. The van der Waals surface area contributed by atoms with E-state index in [-0.39, 0.29) is 204 Å². The minimum absolute atomic E-state index is 0. The molecule has 5 saturated carbocycles. The van der Waals surface area contributed by atoms with Crippen LogP contribution < -0.4 is 5.32 Å². The molecule has 0 radical (unpaired) electrons. The summed E-state index contributed by atoms with van der Waals surface area (Å²) >= 11 is 0. The molecule has 1 aliphatic heterocycles. The van der Waals surface area contributed by atoms with Crippen LogP contribution in [0.1, 0.15) is 231 Å². The van der Waals surface area contributed by atoms with Crippen molar-refractivity contribution in [3.63, 3.8) is 0 Å². The highest BCUT2D eigenvalue weighted by Gasteiger charge is 2.74. The van der Waals surface area contributed by atoms with Gasteiger partial charge in [-0.05, 0) is 86.5 Å². The first-order valence-corrected chi connectivity index (χ1v) is 12.0. The van der Waals surface area contributed by atoms with Gasteiger partial charge in [-0.1, -0.05) is 27.7 Å². The zero-order chi connectivity index (χ0) is 21.9. The Morgan fingerprint density at radius 2 is 1.93 bits per heavy atom. The minimum atomic E-state index is -0.269.